The monoisotopic (exact) mass is 522 g/mol. The van der Waals surface area contributed by atoms with Gasteiger partial charge in [-0.3, -0.25) is 9.59 Å². The summed E-state index contributed by atoms with van der Waals surface area (Å²) in [7, 11) is 0. The lowest BCUT2D eigenvalue weighted by Crippen LogP contribution is -2.52. The maximum atomic E-state index is 13.4. The fraction of sp³-hybridized carbons (Fsp3) is 0.481. The van der Waals surface area contributed by atoms with Crippen LogP contribution in [0.5, 0.6) is 11.5 Å². The maximum absolute atomic E-state index is 13.4. The minimum Gasteiger partial charge on any atom is -0.490 e. The minimum absolute atomic E-state index is 0.153. The number of halogens is 2. The molecule has 8 heteroatoms. The van der Waals surface area contributed by atoms with Crippen LogP contribution < -0.4 is 14.8 Å². The Bertz CT molecular complexity index is 1020. The zero-order valence-electron chi connectivity index (χ0n) is 21.4. The minimum atomic E-state index is -0.687. The van der Waals surface area contributed by atoms with Crippen molar-refractivity contribution in [1.29, 1.82) is 0 Å². The number of benzene rings is 2. The van der Waals surface area contributed by atoms with E-state index >= 15 is 0 Å². The molecule has 0 saturated heterocycles. The molecular weight excluding hydrogens is 487 g/mol. The number of nitrogens with zero attached hydrogens (tertiary/aromatic N) is 1. The predicted octanol–water partition coefficient (Wildman–Crippen LogP) is 6.06. The molecule has 0 saturated carbocycles. The van der Waals surface area contributed by atoms with Crippen LogP contribution >= 0.6 is 23.2 Å². The van der Waals surface area contributed by atoms with Crippen molar-refractivity contribution in [2.24, 2.45) is 0 Å². The highest BCUT2D eigenvalue weighted by Gasteiger charge is 2.28. The van der Waals surface area contributed by atoms with Gasteiger partial charge in [0.05, 0.1) is 13.2 Å². The number of amides is 2. The van der Waals surface area contributed by atoms with Crippen molar-refractivity contribution in [3.05, 3.63) is 57.6 Å². The van der Waals surface area contributed by atoms with E-state index in [4.69, 9.17) is 32.7 Å². The highest BCUT2D eigenvalue weighted by molar-refractivity contribution is 6.35. The first kappa shape index (κ1) is 28.8. The van der Waals surface area contributed by atoms with Crippen LogP contribution in [0.15, 0.2) is 36.4 Å². The number of ether oxygens (including phenoxy) is 2. The van der Waals surface area contributed by atoms with Crippen molar-refractivity contribution in [2.75, 3.05) is 13.2 Å². The summed E-state index contributed by atoms with van der Waals surface area (Å²) >= 11 is 12.4. The SMILES string of the molecule is CCOc1ccc(CCC(=O)N(Cc2ccc(Cl)cc2Cl)C(C)C(=O)NC(C)(C)C)cc1OCC. The quantitative estimate of drug-likeness (QED) is 0.389. The van der Waals surface area contributed by atoms with Crippen molar-refractivity contribution in [3.8, 4) is 11.5 Å². The van der Waals surface area contributed by atoms with E-state index in [0.717, 1.165) is 11.1 Å². The fourth-order valence-electron chi connectivity index (χ4n) is 3.54. The van der Waals surface area contributed by atoms with Crippen LogP contribution in [-0.2, 0) is 22.6 Å². The molecule has 0 fully saturated rings. The molecule has 0 aliphatic rings. The molecule has 6 nitrogen and oxygen atoms in total. The molecule has 0 aliphatic heterocycles. The summed E-state index contributed by atoms with van der Waals surface area (Å²) in [5.41, 5.74) is 1.25. The van der Waals surface area contributed by atoms with E-state index in [-0.39, 0.29) is 24.8 Å². The van der Waals surface area contributed by atoms with Gasteiger partial charge in [-0.05, 0) is 83.4 Å². The maximum Gasteiger partial charge on any atom is 0.242 e. The Morgan fingerprint density at radius 1 is 1.00 bits per heavy atom. The van der Waals surface area contributed by atoms with E-state index in [1.807, 2.05) is 52.8 Å². The lowest BCUT2D eigenvalue weighted by atomic mass is 10.1. The van der Waals surface area contributed by atoms with Crippen molar-refractivity contribution >= 4 is 35.0 Å². The van der Waals surface area contributed by atoms with Gasteiger partial charge in [-0.25, -0.2) is 0 Å². The van der Waals surface area contributed by atoms with E-state index in [9.17, 15) is 9.59 Å². The van der Waals surface area contributed by atoms with Gasteiger partial charge < -0.3 is 19.7 Å². The standard InChI is InChI=1S/C27H36Cl2N2O4/c1-7-34-23-13-9-19(15-24(23)35-8-2)10-14-25(32)31(18(3)26(33)30-27(4,5)6)17-20-11-12-21(28)16-22(20)29/h9,11-13,15-16,18H,7-8,10,14,17H2,1-6H3,(H,30,33). The van der Waals surface area contributed by atoms with E-state index in [2.05, 4.69) is 5.32 Å². The second-order valence-corrected chi connectivity index (χ2v) is 10.2. The molecule has 1 unspecified atom stereocenters. The molecule has 35 heavy (non-hydrogen) atoms. The molecule has 2 aromatic rings. The van der Waals surface area contributed by atoms with Gasteiger partial charge in [0.2, 0.25) is 11.8 Å². The topological polar surface area (TPSA) is 67.9 Å². The van der Waals surface area contributed by atoms with Gasteiger partial charge in [0.15, 0.2) is 11.5 Å². The lowest BCUT2D eigenvalue weighted by Gasteiger charge is -2.31. The molecule has 1 atom stereocenters. The number of carbonyl (C=O) groups is 2. The summed E-state index contributed by atoms with van der Waals surface area (Å²) in [4.78, 5) is 27.9. The Hall–Kier alpha value is -2.44. The Balaban J connectivity index is 2.24. The summed E-state index contributed by atoms with van der Waals surface area (Å²) < 4.78 is 11.3. The molecule has 0 radical (unpaired) electrons. The van der Waals surface area contributed by atoms with E-state index in [0.29, 0.717) is 41.2 Å². The van der Waals surface area contributed by atoms with Gasteiger partial charge in [0.25, 0.3) is 0 Å². The Labute approximate surface area is 218 Å². The molecule has 1 N–H and O–H groups in total. The number of aryl methyl sites for hydroxylation is 1. The molecule has 0 bridgehead atoms. The van der Waals surface area contributed by atoms with Crippen molar-refractivity contribution in [1.82, 2.24) is 10.2 Å². The second-order valence-electron chi connectivity index (χ2n) is 9.32. The van der Waals surface area contributed by atoms with Crippen LogP contribution in [0.4, 0.5) is 0 Å². The van der Waals surface area contributed by atoms with Gasteiger partial charge in [-0.2, -0.15) is 0 Å². The molecule has 0 heterocycles. The molecule has 0 aromatic heterocycles. The number of carbonyl (C=O) groups excluding carboxylic acids is 2. The Morgan fingerprint density at radius 2 is 1.66 bits per heavy atom. The van der Waals surface area contributed by atoms with Crippen molar-refractivity contribution in [3.63, 3.8) is 0 Å². The highest BCUT2D eigenvalue weighted by Crippen LogP contribution is 2.29. The van der Waals surface area contributed by atoms with E-state index < -0.39 is 11.6 Å². The van der Waals surface area contributed by atoms with Crippen molar-refractivity contribution in [2.45, 2.75) is 72.5 Å². The third-order valence-corrected chi connectivity index (χ3v) is 5.84. The van der Waals surface area contributed by atoms with Gasteiger partial charge >= 0.3 is 0 Å². The molecule has 192 valence electrons. The summed E-state index contributed by atoms with van der Waals surface area (Å²) in [6.07, 6.45) is 0.710. The molecule has 0 aliphatic carbocycles. The van der Waals surface area contributed by atoms with Crippen LogP contribution in [0.3, 0.4) is 0 Å². The zero-order chi connectivity index (χ0) is 26.2. The molecule has 2 amide bonds. The third kappa shape index (κ3) is 8.93. The molecule has 2 aromatic carbocycles. The van der Waals surface area contributed by atoms with Gasteiger partial charge in [-0.1, -0.05) is 35.3 Å². The zero-order valence-corrected chi connectivity index (χ0v) is 22.9. The third-order valence-electron chi connectivity index (χ3n) is 5.26. The van der Waals surface area contributed by atoms with Crippen LogP contribution in [0, 0.1) is 0 Å². The summed E-state index contributed by atoms with van der Waals surface area (Å²) in [6.45, 7) is 12.5. The average Bonchev–Trinajstić information content (AvgIpc) is 2.77. The van der Waals surface area contributed by atoms with Crippen LogP contribution in [0.2, 0.25) is 10.0 Å². The molecular formula is C27H36Cl2N2O4. The first-order chi connectivity index (χ1) is 16.4. The Morgan fingerprint density at radius 3 is 2.26 bits per heavy atom. The van der Waals surface area contributed by atoms with Gasteiger partial charge in [-0.15, -0.1) is 0 Å². The molecule has 0 spiro atoms. The predicted molar refractivity (Wildman–Crippen MR) is 141 cm³/mol. The number of hydrogen-bond donors (Lipinski definition) is 1. The fourth-order valence-corrected chi connectivity index (χ4v) is 4.00. The van der Waals surface area contributed by atoms with Crippen LogP contribution in [-0.4, -0.2) is 41.5 Å². The molecule has 2 rings (SSSR count). The second kappa shape index (κ2) is 13.0. The van der Waals surface area contributed by atoms with Gasteiger partial charge in [0, 0.05) is 28.5 Å². The van der Waals surface area contributed by atoms with Crippen LogP contribution in [0.1, 0.15) is 59.1 Å². The first-order valence-corrected chi connectivity index (χ1v) is 12.6. The van der Waals surface area contributed by atoms with Crippen molar-refractivity contribution < 1.29 is 19.1 Å². The summed E-state index contributed by atoms with van der Waals surface area (Å²) in [5.74, 6) is 0.952. The number of rotatable bonds is 11. The smallest absolute Gasteiger partial charge is 0.242 e. The number of nitrogens with one attached hydrogen (secondary N) is 1. The van der Waals surface area contributed by atoms with Gasteiger partial charge in [0.1, 0.15) is 6.04 Å². The first-order valence-electron chi connectivity index (χ1n) is 11.9. The lowest BCUT2D eigenvalue weighted by molar-refractivity contribution is -0.141. The highest BCUT2D eigenvalue weighted by atomic mass is 35.5. The Kier molecular flexibility index (Phi) is 10.7. The normalized spacial score (nSPS) is 12.1. The number of hydrogen-bond acceptors (Lipinski definition) is 4. The average molecular weight is 524 g/mol. The summed E-state index contributed by atoms with van der Waals surface area (Å²) in [5, 5.41) is 3.92. The largest absolute Gasteiger partial charge is 0.490 e. The summed E-state index contributed by atoms with van der Waals surface area (Å²) in [6, 6.07) is 10.1. The van der Waals surface area contributed by atoms with Crippen LogP contribution in [0.25, 0.3) is 0 Å². The van der Waals surface area contributed by atoms with E-state index in [1.165, 1.54) is 0 Å². The van der Waals surface area contributed by atoms with E-state index in [1.54, 1.807) is 30.0 Å².